The molecule has 4 heteroatoms. The zero-order valence-corrected chi connectivity index (χ0v) is 14.4. The van der Waals surface area contributed by atoms with E-state index in [1.54, 1.807) is 0 Å². The summed E-state index contributed by atoms with van der Waals surface area (Å²) in [5.74, 6) is -0.606. The number of allylic oxidation sites excluding steroid dienone is 1. The number of benzene rings is 1. The van der Waals surface area contributed by atoms with Crippen LogP contribution in [0.1, 0.15) is 69.8 Å². The van der Waals surface area contributed by atoms with Gasteiger partial charge in [0.05, 0.1) is 6.61 Å². The Balaban J connectivity index is 1.79. The Morgan fingerprint density at radius 1 is 0.958 bits per heavy atom. The highest BCUT2D eigenvalue weighted by Crippen LogP contribution is 2.40. The first kappa shape index (κ1) is 18.9. The fourth-order valence-electron chi connectivity index (χ4n) is 3.39. The smallest absolute Gasteiger partial charge is 0.301 e. The van der Waals surface area contributed by atoms with Gasteiger partial charge >= 0.3 is 6.08 Å². The molecule has 0 heterocycles. The van der Waals surface area contributed by atoms with Crippen LogP contribution in [0.15, 0.2) is 36.2 Å². The van der Waals surface area contributed by atoms with Crippen molar-refractivity contribution in [2.24, 2.45) is 5.92 Å². The van der Waals surface area contributed by atoms with Crippen molar-refractivity contribution >= 4 is 0 Å². The summed E-state index contributed by atoms with van der Waals surface area (Å²) in [4.78, 5) is 0. The molecule has 134 valence electrons. The number of unbranched alkanes of at least 4 members (excludes halogenated alkanes) is 3. The van der Waals surface area contributed by atoms with Crippen LogP contribution in [0.3, 0.4) is 0 Å². The van der Waals surface area contributed by atoms with Crippen LogP contribution >= 0.6 is 0 Å². The van der Waals surface area contributed by atoms with Crippen molar-refractivity contribution in [1.29, 1.82) is 0 Å². The fraction of sp³-hybridized carbons (Fsp3) is 0.600. The molecule has 0 aliphatic heterocycles. The standard InChI is InChI=1S/C20H27F3O/c1-2-3-4-5-14-24-18-12-10-16(11-13-18)15-6-8-17(9-7-15)19(21)20(22)23/h10-13,15,17H,2-9,14H2,1H3. The van der Waals surface area contributed by atoms with Crippen molar-refractivity contribution in [3.05, 3.63) is 41.7 Å². The van der Waals surface area contributed by atoms with E-state index >= 15 is 0 Å². The van der Waals surface area contributed by atoms with Crippen molar-refractivity contribution in [3.8, 4) is 5.75 Å². The third-order valence-electron chi connectivity index (χ3n) is 4.88. The van der Waals surface area contributed by atoms with Crippen LogP contribution in [-0.4, -0.2) is 6.61 Å². The average molecular weight is 340 g/mol. The summed E-state index contributed by atoms with van der Waals surface area (Å²) < 4.78 is 43.7. The summed E-state index contributed by atoms with van der Waals surface area (Å²) in [5, 5.41) is 0. The monoisotopic (exact) mass is 340 g/mol. The van der Waals surface area contributed by atoms with Crippen LogP contribution in [0.25, 0.3) is 0 Å². The lowest BCUT2D eigenvalue weighted by Gasteiger charge is -2.27. The second-order valence-corrected chi connectivity index (χ2v) is 6.64. The first-order valence-electron chi connectivity index (χ1n) is 9.05. The molecule has 1 fully saturated rings. The largest absolute Gasteiger partial charge is 0.494 e. The average Bonchev–Trinajstić information content (AvgIpc) is 2.61. The first-order chi connectivity index (χ1) is 11.6. The zero-order valence-electron chi connectivity index (χ0n) is 14.4. The third kappa shape index (κ3) is 5.57. The highest BCUT2D eigenvalue weighted by atomic mass is 19.3. The Hall–Kier alpha value is -1.45. The molecular formula is C20H27F3O. The normalized spacial score (nSPS) is 20.7. The minimum absolute atomic E-state index is 0.329. The molecule has 0 atom stereocenters. The number of rotatable bonds is 8. The van der Waals surface area contributed by atoms with Crippen molar-refractivity contribution in [2.45, 2.75) is 64.2 Å². The molecule has 1 aliphatic rings. The maximum atomic E-state index is 13.3. The second-order valence-electron chi connectivity index (χ2n) is 6.64. The molecular weight excluding hydrogens is 313 g/mol. The maximum absolute atomic E-state index is 13.3. The molecule has 0 radical (unpaired) electrons. The number of hydrogen-bond donors (Lipinski definition) is 0. The predicted molar refractivity (Wildman–Crippen MR) is 91.1 cm³/mol. The van der Waals surface area contributed by atoms with E-state index in [9.17, 15) is 13.2 Å². The topological polar surface area (TPSA) is 9.23 Å². The van der Waals surface area contributed by atoms with Gasteiger partial charge in [-0.05, 0) is 55.7 Å². The van der Waals surface area contributed by atoms with E-state index < -0.39 is 17.8 Å². The SMILES string of the molecule is CCCCCCOc1ccc(C2CCC(C(F)=C(F)F)CC2)cc1. The molecule has 0 amide bonds. The molecule has 24 heavy (non-hydrogen) atoms. The van der Waals surface area contributed by atoms with E-state index in [1.807, 2.05) is 24.3 Å². The molecule has 2 rings (SSSR count). The summed E-state index contributed by atoms with van der Waals surface area (Å²) in [7, 11) is 0. The van der Waals surface area contributed by atoms with E-state index in [4.69, 9.17) is 4.74 Å². The molecule has 0 spiro atoms. The van der Waals surface area contributed by atoms with Crippen LogP contribution in [0.4, 0.5) is 13.2 Å². The summed E-state index contributed by atoms with van der Waals surface area (Å²) in [6.07, 6.45) is 5.06. The summed E-state index contributed by atoms with van der Waals surface area (Å²) >= 11 is 0. The van der Waals surface area contributed by atoms with Crippen molar-refractivity contribution in [3.63, 3.8) is 0 Å². The molecule has 0 saturated heterocycles. The molecule has 0 bridgehead atoms. The van der Waals surface area contributed by atoms with E-state index in [2.05, 4.69) is 6.92 Å². The van der Waals surface area contributed by atoms with Gasteiger partial charge in [0, 0.05) is 5.92 Å². The Kier molecular flexibility index (Phi) is 7.67. The van der Waals surface area contributed by atoms with Gasteiger partial charge < -0.3 is 4.74 Å². The molecule has 0 N–H and O–H groups in total. The van der Waals surface area contributed by atoms with Gasteiger partial charge in [0.2, 0.25) is 0 Å². The zero-order chi connectivity index (χ0) is 17.4. The predicted octanol–water partition coefficient (Wildman–Crippen LogP) is 7.00. The lowest BCUT2D eigenvalue weighted by molar-refractivity contribution is 0.281. The van der Waals surface area contributed by atoms with Gasteiger partial charge in [-0.2, -0.15) is 8.78 Å². The van der Waals surface area contributed by atoms with E-state index in [0.29, 0.717) is 18.8 Å². The lowest BCUT2D eigenvalue weighted by atomic mass is 9.78. The molecule has 0 unspecified atom stereocenters. The number of hydrogen-bond acceptors (Lipinski definition) is 1. The van der Waals surface area contributed by atoms with Gasteiger partial charge in [-0.25, -0.2) is 4.39 Å². The molecule has 1 aliphatic carbocycles. The number of halogens is 3. The second kappa shape index (κ2) is 9.75. The minimum atomic E-state index is -2.15. The lowest BCUT2D eigenvalue weighted by Crippen LogP contribution is -2.14. The van der Waals surface area contributed by atoms with Gasteiger partial charge in [-0.1, -0.05) is 38.3 Å². The van der Waals surface area contributed by atoms with Crippen molar-refractivity contribution in [1.82, 2.24) is 0 Å². The van der Waals surface area contributed by atoms with Crippen LogP contribution < -0.4 is 4.74 Å². The van der Waals surface area contributed by atoms with E-state index in [0.717, 1.165) is 31.6 Å². The quantitative estimate of drug-likeness (QED) is 0.463. The maximum Gasteiger partial charge on any atom is 0.301 e. The van der Waals surface area contributed by atoms with Crippen molar-refractivity contribution < 1.29 is 17.9 Å². The highest BCUT2D eigenvalue weighted by molar-refractivity contribution is 5.29. The van der Waals surface area contributed by atoms with E-state index in [-0.39, 0.29) is 0 Å². The van der Waals surface area contributed by atoms with Crippen molar-refractivity contribution in [2.75, 3.05) is 6.61 Å². The fourth-order valence-corrected chi connectivity index (χ4v) is 3.39. The molecule has 1 aromatic carbocycles. The van der Waals surface area contributed by atoms with Gasteiger partial charge in [-0.3, -0.25) is 0 Å². The van der Waals surface area contributed by atoms with Crippen LogP contribution in [0.5, 0.6) is 5.75 Å². The Bertz CT molecular complexity index is 512. The Morgan fingerprint density at radius 3 is 2.21 bits per heavy atom. The third-order valence-corrected chi connectivity index (χ3v) is 4.88. The number of ether oxygens (including phenoxy) is 1. The Morgan fingerprint density at radius 2 is 1.62 bits per heavy atom. The van der Waals surface area contributed by atoms with Gasteiger partial charge in [0.25, 0.3) is 0 Å². The molecule has 1 aromatic rings. The highest BCUT2D eigenvalue weighted by Gasteiger charge is 2.27. The van der Waals surface area contributed by atoms with Gasteiger partial charge in [0.15, 0.2) is 5.83 Å². The van der Waals surface area contributed by atoms with Crippen LogP contribution in [-0.2, 0) is 0 Å². The molecule has 1 nitrogen and oxygen atoms in total. The molecule has 0 aromatic heterocycles. The Labute approximate surface area is 142 Å². The summed E-state index contributed by atoms with van der Waals surface area (Å²) in [5.41, 5.74) is 1.19. The molecule has 1 saturated carbocycles. The summed E-state index contributed by atoms with van der Waals surface area (Å²) in [6.45, 7) is 2.93. The first-order valence-corrected chi connectivity index (χ1v) is 9.05. The van der Waals surface area contributed by atoms with Gasteiger partial charge in [-0.15, -0.1) is 0 Å². The minimum Gasteiger partial charge on any atom is -0.494 e. The van der Waals surface area contributed by atoms with Crippen LogP contribution in [0.2, 0.25) is 0 Å². The summed E-state index contributed by atoms with van der Waals surface area (Å²) in [6, 6.07) is 8.05. The van der Waals surface area contributed by atoms with E-state index in [1.165, 1.54) is 24.8 Å². The van der Waals surface area contributed by atoms with Crippen LogP contribution in [0, 0.1) is 5.92 Å². The van der Waals surface area contributed by atoms with Gasteiger partial charge in [0.1, 0.15) is 5.75 Å².